The second-order valence-corrected chi connectivity index (χ2v) is 6.63. The normalized spacial score (nSPS) is 11.2. The van der Waals surface area contributed by atoms with Crippen LogP contribution in [0.3, 0.4) is 0 Å². The minimum absolute atomic E-state index is 0.810. The molecule has 0 spiro atoms. The van der Waals surface area contributed by atoms with Gasteiger partial charge < -0.3 is 8.85 Å². The van der Waals surface area contributed by atoms with Gasteiger partial charge in [0.2, 0.25) is 0 Å². The lowest BCUT2D eigenvalue weighted by Gasteiger charge is -2.18. The van der Waals surface area contributed by atoms with Crippen LogP contribution < -0.4 is 5.19 Å². The molecule has 2 nitrogen and oxygen atoms in total. The molecule has 19 heavy (non-hydrogen) atoms. The Morgan fingerprint density at radius 1 is 0.947 bits per heavy atom. The lowest BCUT2D eigenvalue weighted by molar-refractivity contribution is 0.202. The van der Waals surface area contributed by atoms with Gasteiger partial charge in [0, 0.05) is 13.2 Å². The summed E-state index contributed by atoms with van der Waals surface area (Å²) < 4.78 is 12.1. The maximum Gasteiger partial charge on any atom is 0.423 e. The Balaban J connectivity index is 2.72. The van der Waals surface area contributed by atoms with E-state index >= 15 is 0 Å². The lowest BCUT2D eigenvalue weighted by Crippen LogP contribution is -2.39. The SMILES string of the molecule is CCCCO[Si](OCCCC)c1cccc(C)c1C. The summed E-state index contributed by atoms with van der Waals surface area (Å²) in [6, 6.07) is 6.42. The molecule has 0 aliphatic carbocycles. The highest BCUT2D eigenvalue weighted by Crippen LogP contribution is 2.07. The molecule has 0 aliphatic heterocycles. The van der Waals surface area contributed by atoms with Crippen molar-refractivity contribution in [3.05, 3.63) is 29.3 Å². The van der Waals surface area contributed by atoms with Crippen molar-refractivity contribution in [3.63, 3.8) is 0 Å². The molecule has 1 aromatic carbocycles. The summed E-state index contributed by atoms with van der Waals surface area (Å²) in [4.78, 5) is 0. The molecular formula is C16H27O2Si. The summed E-state index contributed by atoms with van der Waals surface area (Å²) >= 11 is 0. The summed E-state index contributed by atoms with van der Waals surface area (Å²) in [7, 11) is -1.32. The highest BCUT2D eigenvalue weighted by molar-refractivity contribution is 6.61. The van der Waals surface area contributed by atoms with E-state index in [-0.39, 0.29) is 0 Å². The predicted molar refractivity (Wildman–Crippen MR) is 83.0 cm³/mol. The summed E-state index contributed by atoms with van der Waals surface area (Å²) in [6.07, 6.45) is 4.54. The second kappa shape index (κ2) is 9.29. The average Bonchev–Trinajstić information content (AvgIpc) is 2.41. The van der Waals surface area contributed by atoms with Gasteiger partial charge in [-0.3, -0.25) is 0 Å². The number of rotatable bonds is 9. The third-order valence-electron chi connectivity index (χ3n) is 3.29. The van der Waals surface area contributed by atoms with E-state index in [1.54, 1.807) is 0 Å². The minimum atomic E-state index is -1.32. The molecule has 0 atom stereocenters. The van der Waals surface area contributed by atoms with Crippen molar-refractivity contribution in [1.82, 2.24) is 0 Å². The fourth-order valence-electron chi connectivity index (χ4n) is 1.79. The zero-order valence-corrected chi connectivity index (χ0v) is 13.8. The Kier molecular flexibility index (Phi) is 8.02. The third-order valence-corrected chi connectivity index (χ3v) is 5.20. The Labute approximate surface area is 120 Å². The van der Waals surface area contributed by atoms with Crippen LogP contribution in [0.4, 0.5) is 0 Å². The standard InChI is InChI=1S/C16H27O2Si/c1-5-7-12-17-19(18-13-8-6-2)16-11-9-10-14(3)15(16)4/h9-11H,5-8,12-13H2,1-4H3. The molecule has 1 aromatic rings. The third kappa shape index (κ3) is 5.47. The Morgan fingerprint density at radius 3 is 2.05 bits per heavy atom. The maximum atomic E-state index is 6.03. The average molecular weight is 279 g/mol. The van der Waals surface area contributed by atoms with Crippen LogP contribution in [-0.4, -0.2) is 22.5 Å². The molecule has 107 valence electrons. The van der Waals surface area contributed by atoms with Crippen LogP contribution in [0.5, 0.6) is 0 Å². The molecule has 0 saturated heterocycles. The van der Waals surface area contributed by atoms with Crippen LogP contribution in [0.25, 0.3) is 0 Å². The minimum Gasteiger partial charge on any atom is -0.390 e. The molecule has 0 unspecified atom stereocenters. The van der Waals surface area contributed by atoms with Crippen molar-refractivity contribution in [2.75, 3.05) is 13.2 Å². The van der Waals surface area contributed by atoms with Gasteiger partial charge >= 0.3 is 9.28 Å². The summed E-state index contributed by atoms with van der Waals surface area (Å²) in [5.41, 5.74) is 2.64. The number of unbranched alkanes of at least 4 members (excludes halogenated alkanes) is 2. The van der Waals surface area contributed by atoms with E-state index in [4.69, 9.17) is 8.85 Å². The first-order chi connectivity index (χ1) is 9.20. The molecule has 0 N–H and O–H groups in total. The van der Waals surface area contributed by atoms with E-state index in [0.717, 1.165) is 38.9 Å². The summed E-state index contributed by atoms with van der Waals surface area (Å²) in [5.74, 6) is 0. The molecular weight excluding hydrogens is 252 g/mol. The summed E-state index contributed by atoms with van der Waals surface area (Å²) in [6.45, 7) is 10.3. The van der Waals surface area contributed by atoms with Crippen LogP contribution in [0, 0.1) is 13.8 Å². The van der Waals surface area contributed by atoms with Crippen molar-refractivity contribution < 1.29 is 8.85 Å². The predicted octanol–water partition coefficient (Wildman–Crippen LogP) is 3.63. The Bertz CT molecular complexity index is 356. The van der Waals surface area contributed by atoms with E-state index in [9.17, 15) is 0 Å². The van der Waals surface area contributed by atoms with Crippen molar-refractivity contribution in [2.24, 2.45) is 0 Å². The van der Waals surface area contributed by atoms with Crippen LogP contribution in [0.15, 0.2) is 18.2 Å². The zero-order chi connectivity index (χ0) is 14.1. The van der Waals surface area contributed by atoms with Gasteiger partial charge in [0.15, 0.2) is 0 Å². The van der Waals surface area contributed by atoms with Crippen LogP contribution in [0.2, 0.25) is 0 Å². The maximum absolute atomic E-state index is 6.03. The zero-order valence-electron chi connectivity index (χ0n) is 12.8. The van der Waals surface area contributed by atoms with Crippen molar-refractivity contribution in [1.29, 1.82) is 0 Å². The van der Waals surface area contributed by atoms with Crippen molar-refractivity contribution >= 4 is 14.5 Å². The quantitative estimate of drug-likeness (QED) is 0.507. The molecule has 3 heteroatoms. The van der Waals surface area contributed by atoms with E-state index in [0.29, 0.717) is 0 Å². The van der Waals surface area contributed by atoms with Gasteiger partial charge in [-0.05, 0) is 43.0 Å². The van der Waals surface area contributed by atoms with Crippen LogP contribution >= 0.6 is 0 Å². The van der Waals surface area contributed by atoms with Gasteiger partial charge in [0.05, 0.1) is 0 Å². The number of hydrogen-bond acceptors (Lipinski definition) is 2. The topological polar surface area (TPSA) is 18.5 Å². The second-order valence-electron chi connectivity index (χ2n) is 4.94. The lowest BCUT2D eigenvalue weighted by atomic mass is 10.1. The van der Waals surface area contributed by atoms with Crippen molar-refractivity contribution in [3.8, 4) is 0 Å². The fourth-order valence-corrected chi connectivity index (χ4v) is 3.58. The molecule has 1 rings (SSSR count). The largest absolute Gasteiger partial charge is 0.423 e. The molecule has 0 aliphatic rings. The number of aryl methyl sites for hydroxylation is 1. The fraction of sp³-hybridized carbons (Fsp3) is 0.625. The van der Waals surface area contributed by atoms with E-state index < -0.39 is 9.28 Å². The van der Waals surface area contributed by atoms with E-state index in [1.807, 2.05) is 0 Å². The van der Waals surface area contributed by atoms with Gasteiger partial charge in [-0.25, -0.2) is 0 Å². The molecule has 0 saturated carbocycles. The first-order valence-corrected chi connectivity index (χ1v) is 8.71. The van der Waals surface area contributed by atoms with Crippen molar-refractivity contribution in [2.45, 2.75) is 53.4 Å². The molecule has 0 amide bonds. The Morgan fingerprint density at radius 2 is 1.53 bits per heavy atom. The first kappa shape index (κ1) is 16.4. The van der Waals surface area contributed by atoms with Gasteiger partial charge in [-0.15, -0.1) is 0 Å². The monoisotopic (exact) mass is 279 g/mol. The van der Waals surface area contributed by atoms with Gasteiger partial charge in [0.1, 0.15) is 0 Å². The van der Waals surface area contributed by atoms with Crippen LogP contribution in [-0.2, 0) is 8.85 Å². The molecule has 0 fully saturated rings. The van der Waals surface area contributed by atoms with Gasteiger partial charge in [0.25, 0.3) is 0 Å². The first-order valence-electron chi connectivity index (χ1n) is 7.39. The van der Waals surface area contributed by atoms with Gasteiger partial charge in [-0.1, -0.05) is 44.9 Å². The number of hydrogen-bond donors (Lipinski definition) is 0. The molecule has 0 aromatic heterocycles. The molecule has 0 bridgehead atoms. The Hall–Kier alpha value is -0.643. The van der Waals surface area contributed by atoms with E-state index in [2.05, 4.69) is 45.9 Å². The van der Waals surface area contributed by atoms with E-state index in [1.165, 1.54) is 16.3 Å². The smallest absolute Gasteiger partial charge is 0.390 e. The molecule has 0 heterocycles. The highest BCUT2D eigenvalue weighted by atomic mass is 28.3. The van der Waals surface area contributed by atoms with Crippen LogP contribution in [0.1, 0.15) is 50.7 Å². The van der Waals surface area contributed by atoms with Gasteiger partial charge in [-0.2, -0.15) is 0 Å². The molecule has 1 radical (unpaired) electrons. The number of benzene rings is 1. The highest BCUT2D eigenvalue weighted by Gasteiger charge is 2.21. The summed E-state index contributed by atoms with van der Waals surface area (Å²) in [5, 5.41) is 1.28.